The Morgan fingerprint density at radius 2 is 1.73 bits per heavy atom. The van der Waals surface area contributed by atoms with Gasteiger partial charge in [-0.05, 0) is 56.7 Å². The van der Waals surface area contributed by atoms with E-state index in [2.05, 4.69) is 6.92 Å². The van der Waals surface area contributed by atoms with Crippen LogP contribution in [0.3, 0.4) is 0 Å². The number of hydrogen-bond donors (Lipinski definition) is 0. The molecule has 2 rings (SSSR count). The van der Waals surface area contributed by atoms with Gasteiger partial charge in [-0.3, -0.25) is 9.68 Å². The number of aryl methyl sites for hydroxylation is 1. The van der Waals surface area contributed by atoms with Gasteiger partial charge in [0.2, 0.25) is 0 Å². The molecule has 0 aliphatic heterocycles. The van der Waals surface area contributed by atoms with Crippen LogP contribution in [0.15, 0.2) is 23.8 Å². The summed E-state index contributed by atoms with van der Waals surface area (Å²) in [5.74, 6) is -0.160. The lowest BCUT2D eigenvalue weighted by molar-refractivity contribution is -0.713. The van der Waals surface area contributed by atoms with E-state index in [4.69, 9.17) is 9.68 Å². The van der Waals surface area contributed by atoms with Crippen LogP contribution in [0.25, 0.3) is 0 Å². The monoisotopic (exact) mass is 364 g/mol. The van der Waals surface area contributed by atoms with E-state index >= 15 is 0 Å². The second-order valence-electron chi connectivity index (χ2n) is 6.60. The third-order valence-corrected chi connectivity index (χ3v) is 4.52. The van der Waals surface area contributed by atoms with E-state index in [0.29, 0.717) is 12.0 Å². The van der Waals surface area contributed by atoms with Crippen molar-refractivity contribution in [2.24, 2.45) is 0 Å². The number of benzene rings is 1. The minimum Gasteiger partial charge on any atom is -0.276 e. The average molecular weight is 364 g/mol. The summed E-state index contributed by atoms with van der Waals surface area (Å²) < 4.78 is 0. The summed E-state index contributed by atoms with van der Waals surface area (Å²) >= 11 is 0. The van der Waals surface area contributed by atoms with Gasteiger partial charge in [0.15, 0.2) is 0 Å². The highest BCUT2D eigenvalue weighted by atomic mass is 17.0. The number of allylic oxidation sites excluding steroid dienone is 2. The molecule has 1 aromatic carbocycles. The van der Waals surface area contributed by atoms with E-state index < -0.39 is 10.2 Å². The molecule has 8 heteroatoms. The van der Waals surface area contributed by atoms with E-state index in [1.807, 2.05) is 13.0 Å². The molecular formula is C18H24N2O6. The Bertz CT molecular complexity index is 664. The van der Waals surface area contributed by atoms with Crippen LogP contribution in [0.5, 0.6) is 11.5 Å². The Labute approximate surface area is 152 Å². The van der Waals surface area contributed by atoms with Gasteiger partial charge in [-0.25, -0.2) is 0 Å². The Kier molecular flexibility index (Phi) is 6.94. The highest BCUT2D eigenvalue weighted by Gasteiger charge is 2.25. The van der Waals surface area contributed by atoms with E-state index in [0.717, 1.165) is 49.7 Å². The summed E-state index contributed by atoms with van der Waals surface area (Å²) in [5, 5.41) is 20.2. The van der Waals surface area contributed by atoms with E-state index in [1.165, 1.54) is 0 Å². The van der Waals surface area contributed by atoms with Gasteiger partial charge in [-0.2, -0.15) is 0 Å². The Morgan fingerprint density at radius 3 is 2.23 bits per heavy atom. The Balaban J connectivity index is 2.50. The molecule has 0 radical (unpaired) electrons. The third-order valence-electron chi connectivity index (χ3n) is 4.52. The first-order valence-electron chi connectivity index (χ1n) is 8.89. The van der Waals surface area contributed by atoms with Crippen LogP contribution in [0.1, 0.15) is 69.4 Å². The van der Waals surface area contributed by atoms with Gasteiger partial charge in [-0.15, -0.1) is 20.2 Å². The minimum atomic E-state index is -0.885. The van der Waals surface area contributed by atoms with E-state index in [-0.39, 0.29) is 17.4 Å². The van der Waals surface area contributed by atoms with Crippen molar-refractivity contribution in [3.8, 4) is 11.5 Å². The third kappa shape index (κ3) is 5.44. The molecule has 0 amide bonds. The molecule has 0 spiro atoms. The van der Waals surface area contributed by atoms with Crippen molar-refractivity contribution < 1.29 is 19.8 Å². The molecule has 1 unspecified atom stereocenters. The molecule has 0 saturated heterocycles. The van der Waals surface area contributed by atoms with Crippen LogP contribution < -0.4 is 9.68 Å². The van der Waals surface area contributed by atoms with E-state index in [9.17, 15) is 20.2 Å². The summed E-state index contributed by atoms with van der Waals surface area (Å²) in [4.78, 5) is 31.5. The lowest BCUT2D eigenvalue weighted by Crippen LogP contribution is -2.14. The van der Waals surface area contributed by atoms with Crippen molar-refractivity contribution in [3.63, 3.8) is 0 Å². The number of rotatable bonds is 9. The van der Waals surface area contributed by atoms with E-state index in [1.54, 1.807) is 12.1 Å². The molecule has 1 aromatic rings. The van der Waals surface area contributed by atoms with Gasteiger partial charge in [0.1, 0.15) is 11.5 Å². The maximum atomic E-state index is 11.0. The Hall–Kier alpha value is -2.64. The van der Waals surface area contributed by atoms with Crippen LogP contribution in [-0.2, 0) is 6.42 Å². The van der Waals surface area contributed by atoms with Gasteiger partial charge in [-0.1, -0.05) is 31.4 Å². The predicted molar refractivity (Wildman–Crippen MR) is 95.3 cm³/mol. The number of nitrogens with zero attached hydrogens (tertiary/aromatic N) is 2. The number of hydrogen-bond acceptors (Lipinski definition) is 6. The molecule has 8 nitrogen and oxygen atoms in total. The van der Waals surface area contributed by atoms with Crippen molar-refractivity contribution in [3.05, 3.63) is 55.1 Å². The molecule has 142 valence electrons. The lowest BCUT2D eigenvalue weighted by Gasteiger charge is -2.24. The maximum Gasteiger partial charge on any atom is 0.299 e. The highest BCUT2D eigenvalue weighted by molar-refractivity contribution is 5.51. The largest absolute Gasteiger partial charge is 0.299 e. The van der Waals surface area contributed by atoms with Crippen molar-refractivity contribution in [1.29, 1.82) is 0 Å². The smallest absolute Gasteiger partial charge is 0.276 e. The zero-order chi connectivity index (χ0) is 19.1. The minimum absolute atomic E-state index is 0.0248. The SMILES string of the molecule is CCCCCc1cc(O[N+](=O)[O-])c(C2C=C(C)CCC2)c(O[N+](=O)[O-])c1. The topological polar surface area (TPSA) is 105 Å². The fourth-order valence-corrected chi connectivity index (χ4v) is 3.39. The average Bonchev–Trinajstić information content (AvgIpc) is 2.54. The summed E-state index contributed by atoms with van der Waals surface area (Å²) in [6.07, 6.45) is 8.13. The zero-order valence-electron chi connectivity index (χ0n) is 15.1. The first kappa shape index (κ1) is 19.7. The first-order chi connectivity index (χ1) is 12.4. The summed E-state index contributed by atoms with van der Waals surface area (Å²) in [6, 6.07) is 3.22. The second-order valence-corrected chi connectivity index (χ2v) is 6.60. The van der Waals surface area contributed by atoms with Crippen LogP contribution in [-0.4, -0.2) is 10.2 Å². The highest BCUT2D eigenvalue weighted by Crippen LogP contribution is 2.42. The van der Waals surface area contributed by atoms with Gasteiger partial charge >= 0.3 is 0 Å². The predicted octanol–water partition coefficient (Wildman–Crippen LogP) is 4.77. The van der Waals surface area contributed by atoms with Crippen molar-refractivity contribution >= 4 is 0 Å². The van der Waals surface area contributed by atoms with Crippen molar-refractivity contribution in [1.82, 2.24) is 0 Å². The van der Waals surface area contributed by atoms with Gasteiger partial charge in [0.05, 0.1) is 0 Å². The summed E-state index contributed by atoms with van der Waals surface area (Å²) in [6.45, 7) is 4.05. The van der Waals surface area contributed by atoms with Gasteiger partial charge in [0, 0.05) is 11.5 Å². The van der Waals surface area contributed by atoms with Crippen LogP contribution in [0.2, 0.25) is 0 Å². The fraction of sp³-hybridized carbons (Fsp3) is 0.556. The molecule has 0 fully saturated rings. The second kappa shape index (κ2) is 9.17. The van der Waals surface area contributed by atoms with Crippen molar-refractivity contribution in [2.45, 2.75) is 64.7 Å². The normalized spacial score (nSPS) is 16.7. The fourth-order valence-electron chi connectivity index (χ4n) is 3.39. The molecule has 1 aliphatic rings. The molecule has 26 heavy (non-hydrogen) atoms. The number of unbranched alkanes of at least 4 members (excludes halogenated alkanes) is 2. The molecule has 0 bridgehead atoms. The maximum absolute atomic E-state index is 11.0. The van der Waals surface area contributed by atoms with Crippen LogP contribution >= 0.6 is 0 Å². The standard InChI is InChI=1S/C18H24N2O6/c1-3-4-5-8-14-11-16(25-19(21)22)18(17(12-14)26-20(23)24)15-9-6-7-13(2)10-15/h10-12,15H,3-9H2,1-2H3. The van der Waals surface area contributed by atoms with Gasteiger partial charge in [0.25, 0.3) is 10.2 Å². The van der Waals surface area contributed by atoms with Crippen LogP contribution in [0.4, 0.5) is 0 Å². The molecule has 0 aromatic heterocycles. The Morgan fingerprint density at radius 1 is 1.12 bits per heavy atom. The molecule has 0 N–H and O–H groups in total. The van der Waals surface area contributed by atoms with Crippen LogP contribution in [0, 0.1) is 20.2 Å². The molecule has 0 saturated carbocycles. The quantitative estimate of drug-likeness (QED) is 0.270. The summed E-state index contributed by atoms with van der Waals surface area (Å²) in [5.41, 5.74) is 2.25. The molecular weight excluding hydrogens is 340 g/mol. The van der Waals surface area contributed by atoms with Crippen molar-refractivity contribution in [2.75, 3.05) is 0 Å². The first-order valence-corrected chi connectivity index (χ1v) is 8.89. The zero-order valence-corrected chi connectivity index (χ0v) is 15.1. The van der Waals surface area contributed by atoms with Gasteiger partial charge < -0.3 is 0 Å². The molecule has 0 heterocycles. The molecule has 1 atom stereocenters. The lowest BCUT2D eigenvalue weighted by atomic mass is 9.84. The molecule has 1 aliphatic carbocycles. The summed E-state index contributed by atoms with van der Waals surface area (Å²) in [7, 11) is 0.